The SMILES string of the molecule is CCOC(=O)[C@H]1CCCN(C(=O)c2ccc(CC)s2)C1. The van der Waals surface area contributed by atoms with Crippen LogP contribution in [0, 0.1) is 5.92 Å². The van der Waals surface area contributed by atoms with Gasteiger partial charge in [0.15, 0.2) is 0 Å². The van der Waals surface area contributed by atoms with Crippen molar-refractivity contribution in [1.82, 2.24) is 4.90 Å². The van der Waals surface area contributed by atoms with Gasteiger partial charge in [-0.15, -0.1) is 11.3 Å². The van der Waals surface area contributed by atoms with Gasteiger partial charge in [0, 0.05) is 18.0 Å². The van der Waals surface area contributed by atoms with Gasteiger partial charge in [0.2, 0.25) is 0 Å². The topological polar surface area (TPSA) is 46.6 Å². The lowest BCUT2D eigenvalue weighted by molar-refractivity contribution is -0.149. The third-order valence-electron chi connectivity index (χ3n) is 3.55. The van der Waals surface area contributed by atoms with E-state index in [1.165, 1.54) is 4.88 Å². The van der Waals surface area contributed by atoms with Gasteiger partial charge in [-0.2, -0.15) is 0 Å². The molecule has 0 aliphatic carbocycles. The van der Waals surface area contributed by atoms with Gasteiger partial charge in [-0.25, -0.2) is 0 Å². The fraction of sp³-hybridized carbons (Fsp3) is 0.600. The molecule has 0 radical (unpaired) electrons. The standard InChI is InChI=1S/C15H21NO3S/c1-3-12-7-8-13(20-12)14(17)16-9-5-6-11(10-16)15(18)19-4-2/h7-8,11H,3-6,9-10H2,1-2H3/t11-/m0/s1. The van der Waals surface area contributed by atoms with E-state index >= 15 is 0 Å². The Bertz CT molecular complexity index is 483. The molecule has 1 saturated heterocycles. The summed E-state index contributed by atoms with van der Waals surface area (Å²) < 4.78 is 5.06. The lowest BCUT2D eigenvalue weighted by Gasteiger charge is -2.31. The fourth-order valence-electron chi connectivity index (χ4n) is 2.45. The van der Waals surface area contributed by atoms with Crippen molar-refractivity contribution in [2.45, 2.75) is 33.1 Å². The highest BCUT2D eigenvalue weighted by Gasteiger charge is 2.30. The van der Waals surface area contributed by atoms with Gasteiger partial charge in [-0.3, -0.25) is 9.59 Å². The summed E-state index contributed by atoms with van der Waals surface area (Å²) in [6.45, 7) is 5.50. The van der Waals surface area contributed by atoms with Crippen LogP contribution >= 0.6 is 11.3 Å². The van der Waals surface area contributed by atoms with Crippen molar-refractivity contribution in [3.8, 4) is 0 Å². The average Bonchev–Trinajstić information content (AvgIpc) is 2.96. The molecule has 1 aliphatic rings. The number of rotatable bonds is 4. The van der Waals surface area contributed by atoms with Crippen molar-refractivity contribution in [1.29, 1.82) is 0 Å². The quantitative estimate of drug-likeness (QED) is 0.802. The van der Waals surface area contributed by atoms with Crippen molar-refractivity contribution in [2.75, 3.05) is 19.7 Å². The van der Waals surface area contributed by atoms with Gasteiger partial charge in [-0.1, -0.05) is 6.92 Å². The molecule has 1 aromatic rings. The molecule has 20 heavy (non-hydrogen) atoms. The first-order valence-corrected chi connectivity index (χ1v) is 8.02. The van der Waals surface area contributed by atoms with Crippen LogP contribution in [0.2, 0.25) is 0 Å². The molecule has 110 valence electrons. The lowest BCUT2D eigenvalue weighted by Crippen LogP contribution is -2.42. The van der Waals surface area contributed by atoms with Gasteiger partial charge in [0.1, 0.15) is 0 Å². The molecule has 1 amide bonds. The average molecular weight is 295 g/mol. The highest BCUT2D eigenvalue weighted by atomic mass is 32.1. The minimum Gasteiger partial charge on any atom is -0.466 e. The number of hydrogen-bond acceptors (Lipinski definition) is 4. The Hall–Kier alpha value is -1.36. The van der Waals surface area contributed by atoms with Crippen LogP contribution in [0.15, 0.2) is 12.1 Å². The Balaban J connectivity index is 2.01. The number of likely N-dealkylation sites (tertiary alicyclic amines) is 1. The summed E-state index contributed by atoms with van der Waals surface area (Å²) in [6.07, 6.45) is 2.62. The van der Waals surface area contributed by atoms with Crippen LogP contribution < -0.4 is 0 Å². The van der Waals surface area contributed by atoms with Gasteiger partial charge in [0.05, 0.1) is 17.4 Å². The first-order valence-electron chi connectivity index (χ1n) is 7.20. The molecule has 2 heterocycles. The van der Waals surface area contributed by atoms with E-state index in [9.17, 15) is 9.59 Å². The Morgan fingerprint density at radius 2 is 2.20 bits per heavy atom. The van der Waals surface area contributed by atoms with Crippen molar-refractivity contribution in [2.24, 2.45) is 5.92 Å². The number of piperidine rings is 1. The van der Waals surface area contributed by atoms with E-state index in [2.05, 4.69) is 6.92 Å². The second kappa shape index (κ2) is 6.88. The summed E-state index contributed by atoms with van der Waals surface area (Å²) in [6, 6.07) is 3.89. The van der Waals surface area contributed by atoms with Crippen LogP contribution in [0.3, 0.4) is 0 Å². The summed E-state index contributed by atoms with van der Waals surface area (Å²) in [5.41, 5.74) is 0. The zero-order valence-electron chi connectivity index (χ0n) is 12.1. The molecule has 0 saturated carbocycles. The van der Waals surface area contributed by atoms with E-state index in [0.29, 0.717) is 13.2 Å². The molecule has 0 N–H and O–H groups in total. The van der Waals surface area contributed by atoms with Crippen molar-refractivity contribution < 1.29 is 14.3 Å². The van der Waals surface area contributed by atoms with Crippen LogP contribution in [0.4, 0.5) is 0 Å². The lowest BCUT2D eigenvalue weighted by atomic mass is 9.98. The molecular weight excluding hydrogens is 274 g/mol. The summed E-state index contributed by atoms with van der Waals surface area (Å²) in [4.78, 5) is 28.0. The first kappa shape index (κ1) is 15.0. The maximum Gasteiger partial charge on any atom is 0.310 e. The summed E-state index contributed by atoms with van der Waals surface area (Å²) >= 11 is 1.55. The van der Waals surface area contributed by atoms with Crippen LogP contribution in [0.25, 0.3) is 0 Å². The number of ether oxygens (including phenoxy) is 1. The Kier molecular flexibility index (Phi) is 5.17. The first-order chi connectivity index (χ1) is 9.65. The number of carbonyl (C=O) groups is 2. The predicted molar refractivity (Wildman–Crippen MR) is 79.0 cm³/mol. The predicted octanol–water partition coefficient (Wildman–Crippen LogP) is 2.73. The molecule has 0 bridgehead atoms. The highest BCUT2D eigenvalue weighted by molar-refractivity contribution is 7.14. The van der Waals surface area contributed by atoms with E-state index in [-0.39, 0.29) is 17.8 Å². The zero-order valence-corrected chi connectivity index (χ0v) is 12.9. The van der Waals surface area contributed by atoms with E-state index in [1.807, 2.05) is 19.1 Å². The molecule has 4 nitrogen and oxygen atoms in total. The van der Waals surface area contributed by atoms with E-state index in [4.69, 9.17) is 4.74 Å². The molecule has 0 aromatic carbocycles. The van der Waals surface area contributed by atoms with Gasteiger partial charge in [0.25, 0.3) is 5.91 Å². The van der Waals surface area contributed by atoms with Crippen molar-refractivity contribution >= 4 is 23.2 Å². The number of aryl methyl sites for hydroxylation is 1. The molecule has 1 aromatic heterocycles. The second-order valence-corrected chi connectivity index (χ2v) is 6.13. The van der Waals surface area contributed by atoms with Crippen molar-refractivity contribution in [3.63, 3.8) is 0 Å². The maximum absolute atomic E-state index is 12.4. The number of nitrogens with zero attached hydrogens (tertiary/aromatic N) is 1. The molecule has 0 unspecified atom stereocenters. The van der Waals surface area contributed by atoms with Crippen molar-refractivity contribution in [3.05, 3.63) is 21.9 Å². The number of amides is 1. The van der Waals surface area contributed by atoms with E-state index in [0.717, 1.165) is 30.7 Å². The Morgan fingerprint density at radius 1 is 1.40 bits per heavy atom. The van der Waals surface area contributed by atoms with Crippen LogP contribution in [-0.2, 0) is 16.0 Å². The molecule has 0 spiro atoms. The van der Waals surface area contributed by atoms with Gasteiger partial charge in [-0.05, 0) is 38.3 Å². The summed E-state index contributed by atoms with van der Waals surface area (Å²) in [5, 5.41) is 0. The van der Waals surface area contributed by atoms with Crippen LogP contribution in [0.1, 0.15) is 41.2 Å². The smallest absolute Gasteiger partial charge is 0.310 e. The minimum atomic E-state index is -0.176. The molecular formula is C15H21NO3S. The van der Waals surface area contributed by atoms with E-state index in [1.54, 1.807) is 16.2 Å². The van der Waals surface area contributed by atoms with E-state index < -0.39 is 0 Å². The largest absolute Gasteiger partial charge is 0.466 e. The van der Waals surface area contributed by atoms with Crippen LogP contribution in [0.5, 0.6) is 0 Å². The summed E-state index contributed by atoms with van der Waals surface area (Å²) in [5.74, 6) is -0.299. The number of esters is 1. The monoisotopic (exact) mass is 295 g/mol. The minimum absolute atomic E-state index is 0.0451. The second-order valence-electron chi connectivity index (χ2n) is 4.96. The molecule has 2 rings (SSSR count). The highest BCUT2D eigenvalue weighted by Crippen LogP contribution is 2.23. The number of hydrogen-bond donors (Lipinski definition) is 0. The molecule has 5 heteroatoms. The number of thiophene rings is 1. The van der Waals surface area contributed by atoms with Gasteiger partial charge < -0.3 is 9.64 Å². The Labute approximate surface area is 123 Å². The van der Waals surface area contributed by atoms with Crippen LogP contribution in [-0.4, -0.2) is 36.5 Å². The van der Waals surface area contributed by atoms with Gasteiger partial charge >= 0.3 is 5.97 Å². The third-order valence-corrected chi connectivity index (χ3v) is 4.77. The maximum atomic E-state index is 12.4. The molecule has 1 aliphatic heterocycles. The normalized spacial score (nSPS) is 18.9. The third kappa shape index (κ3) is 3.39. The molecule has 1 fully saturated rings. The fourth-order valence-corrected chi connectivity index (χ4v) is 3.37. The zero-order chi connectivity index (χ0) is 14.5. The molecule has 1 atom stereocenters. The summed E-state index contributed by atoms with van der Waals surface area (Å²) in [7, 11) is 0. The Morgan fingerprint density at radius 3 is 2.85 bits per heavy atom. The number of carbonyl (C=O) groups excluding carboxylic acids is 2.